The van der Waals surface area contributed by atoms with Crippen LogP contribution in [0.5, 0.6) is 0 Å². The molecule has 1 N–H and O–H groups in total. The van der Waals surface area contributed by atoms with Crippen LogP contribution in [0.1, 0.15) is 28.6 Å². The van der Waals surface area contributed by atoms with Crippen LogP contribution in [0.3, 0.4) is 0 Å². The van der Waals surface area contributed by atoms with Crippen LogP contribution in [-0.4, -0.2) is 15.9 Å². The Balaban J connectivity index is 1.74. The molecule has 0 spiro atoms. The van der Waals surface area contributed by atoms with Gasteiger partial charge in [-0.25, -0.2) is 4.98 Å². The number of benzene rings is 1. The van der Waals surface area contributed by atoms with Crippen molar-refractivity contribution in [3.05, 3.63) is 88.1 Å². The first kappa shape index (κ1) is 17.0. The fraction of sp³-hybridized carbons (Fsp3) is 0.150. The van der Waals surface area contributed by atoms with Gasteiger partial charge in [-0.2, -0.15) is 0 Å². The number of thiazole rings is 1. The second-order valence-electron chi connectivity index (χ2n) is 5.75. The van der Waals surface area contributed by atoms with Crippen molar-refractivity contribution in [1.82, 2.24) is 15.3 Å². The molecule has 3 aromatic rings. The van der Waals surface area contributed by atoms with E-state index in [1.807, 2.05) is 23.6 Å². The van der Waals surface area contributed by atoms with Crippen LogP contribution in [0.2, 0.25) is 0 Å². The highest BCUT2D eigenvalue weighted by atomic mass is 32.1. The van der Waals surface area contributed by atoms with Crippen LogP contribution in [0.25, 0.3) is 6.08 Å². The molecule has 0 aliphatic heterocycles. The maximum absolute atomic E-state index is 12.3. The van der Waals surface area contributed by atoms with Gasteiger partial charge in [-0.05, 0) is 37.1 Å². The molecule has 4 nitrogen and oxygen atoms in total. The average Bonchev–Trinajstić information content (AvgIpc) is 3.16. The Kier molecular flexibility index (Phi) is 5.69. The molecular weight excluding hydrogens is 330 g/mol. The molecule has 25 heavy (non-hydrogen) atoms. The minimum absolute atomic E-state index is 0.157. The lowest BCUT2D eigenvalue weighted by Crippen LogP contribution is -2.29. The van der Waals surface area contributed by atoms with Crippen molar-refractivity contribution >= 4 is 23.3 Å². The van der Waals surface area contributed by atoms with Gasteiger partial charge in [0.25, 0.3) is 0 Å². The summed E-state index contributed by atoms with van der Waals surface area (Å²) in [5.74, 6) is -0.157. The van der Waals surface area contributed by atoms with Crippen LogP contribution < -0.4 is 5.32 Å². The van der Waals surface area contributed by atoms with E-state index in [0.29, 0.717) is 6.42 Å². The molecular formula is C20H19N3OS. The van der Waals surface area contributed by atoms with Gasteiger partial charge in [-0.1, -0.05) is 35.9 Å². The van der Waals surface area contributed by atoms with Crippen LogP contribution in [0.4, 0.5) is 0 Å². The summed E-state index contributed by atoms with van der Waals surface area (Å²) < 4.78 is 0. The number of aryl methyl sites for hydroxylation is 1. The summed E-state index contributed by atoms with van der Waals surface area (Å²) in [4.78, 5) is 20.9. The molecule has 3 rings (SSSR count). The first-order valence-electron chi connectivity index (χ1n) is 8.04. The van der Waals surface area contributed by atoms with Crippen LogP contribution in [0.15, 0.2) is 65.6 Å². The first-order valence-corrected chi connectivity index (χ1v) is 8.98. The monoisotopic (exact) mass is 349 g/mol. The van der Waals surface area contributed by atoms with E-state index >= 15 is 0 Å². The quantitative estimate of drug-likeness (QED) is 0.685. The van der Waals surface area contributed by atoms with Crippen molar-refractivity contribution in [3.63, 3.8) is 0 Å². The summed E-state index contributed by atoms with van der Waals surface area (Å²) in [6.07, 6.45) is 5.66. The zero-order chi connectivity index (χ0) is 17.5. The minimum Gasteiger partial charge on any atom is -0.344 e. The van der Waals surface area contributed by atoms with Crippen LogP contribution in [0, 0.1) is 6.92 Å². The number of pyridine rings is 1. The second kappa shape index (κ2) is 8.35. The second-order valence-corrected chi connectivity index (χ2v) is 6.47. The third kappa shape index (κ3) is 5.09. The summed E-state index contributed by atoms with van der Waals surface area (Å²) in [5, 5.41) is 4.94. The fourth-order valence-corrected chi connectivity index (χ4v) is 2.98. The third-order valence-corrected chi connectivity index (χ3v) is 4.38. The third-order valence-electron chi connectivity index (χ3n) is 3.78. The molecule has 0 saturated heterocycles. The maximum atomic E-state index is 12.3. The van der Waals surface area contributed by atoms with Gasteiger partial charge in [0.15, 0.2) is 0 Å². The number of hydrogen-bond donors (Lipinski definition) is 1. The number of rotatable bonds is 6. The highest BCUT2D eigenvalue weighted by molar-refractivity contribution is 7.07. The lowest BCUT2D eigenvalue weighted by molar-refractivity contribution is -0.117. The zero-order valence-electron chi connectivity index (χ0n) is 13.9. The highest BCUT2D eigenvalue weighted by Gasteiger charge is 2.15. The van der Waals surface area contributed by atoms with Gasteiger partial charge >= 0.3 is 0 Å². The van der Waals surface area contributed by atoms with Crippen molar-refractivity contribution in [2.24, 2.45) is 0 Å². The Morgan fingerprint density at radius 3 is 2.72 bits per heavy atom. The van der Waals surface area contributed by atoms with Gasteiger partial charge in [0.1, 0.15) is 0 Å². The number of nitrogens with zero attached hydrogens (tertiary/aromatic N) is 2. The van der Waals surface area contributed by atoms with E-state index in [-0.39, 0.29) is 11.9 Å². The summed E-state index contributed by atoms with van der Waals surface area (Å²) in [6, 6.07) is 13.9. The molecule has 0 radical (unpaired) electrons. The van der Waals surface area contributed by atoms with Crippen molar-refractivity contribution < 1.29 is 4.79 Å². The van der Waals surface area contributed by atoms with Gasteiger partial charge in [-0.15, -0.1) is 11.3 Å². The molecule has 2 aromatic heterocycles. The Labute approximate surface area is 151 Å². The Hall–Kier alpha value is -2.79. The standard InChI is InChI=1S/C20H19N3OS/c1-15-5-7-16(8-6-15)12-19(18-4-2-3-11-21-18)23-20(24)10-9-17-13-25-14-22-17/h2-11,13-14,19H,12H2,1H3,(H,23,24). The van der Waals surface area contributed by atoms with E-state index in [2.05, 4.69) is 46.5 Å². The largest absolute Gasteiger partial charge is 0.344 e. The van der Waals surface area contributed by atoms with Crippen LogP contribution in [-0.2, 0) is 11.2 Å². The first-order chi connectivity index (χ1) is 12.2. The van der Waals surface area contributed by atoms with Gasteiger partial charge in [0.2, 0.25) is 5.91 Å². The van der Waals surface area contributed by atoms with E-state index in [0.717, 1.165) is 17.0 Å². The molecule has 5 heteroatoms. The van der Waals surface area contributed by atoms with Gasteiger partial charge < -0.3 is 5.32 Å². The summed E-state index contributed by atoms with van der Waals surface area (Å²) in [6.45, 7) is 2.06. The van der Waals surface area contributed by atoms with Crippen molar-refractivity contribution in [3.8, 4) is 0 Å². The number of amides is 1. The topological polar surface area (TPSA) is 54.9 Å². The van der Waals surface area contributed by atoms with E-state index in [1.54, 1.807) is 17.8 Å². The van der Waals surface area contributed by atoms with Gasteiger partial charge in [-0.3, -0.25) is 9.78 Å². The van der Waals surface area contributed by atoms with E-state index < -0.39 is 0 Å². The molecule has 1 atom stereocenters. The highest BCUT2D eigenvalue weighted by Crippen LogP contribution is 2.17. The number of nitrogens with one attached hydrogen (secondary N) is 1. The van der Waals surface area contributed by atoms with E-state index in [9.17, 15) is 4.79 Å². The van der Waals surface area contributed by atoms with E-state index in [1.165, 1.54) is 23.0 Å². The van der Waals surface area contributed by atoms with Crippen molar-refractivity contribution in [2.45, 2.75) is 19.4 Å². The lowest BCUT2D eigenvalue weighted by Gasteiger charge is -2.17. The maximum Gasteiger partial charge on any atom is 0.244 e. The van der Waals surface area contributed by atoms with Gasteiger partial charge in [0.05, 0.1) is 22.9 Å². The molecule has 126 valence electrons. The Bertz CT molecular complexity index is 827. The average molecular weight is 349 g/mol. The number of carbonyl (C=O) groups excluding carboxylic acids is 1. The van der Waals surface area contributed by atoms with Gasteiger partial charge in [0, 0.05) is 17.7 Å². The molecule has 0 bridgehead atoms. The number of carbonyl (C=O) groups is 1. The Morgan fingerprint density at radius 2 is 2.04 bits per heavy atom. The predicted molar refractivity (Wildman–Crippen MR) is 101 cm³/mol. The summed E-state index contributed by atoms with van der Waals surface area (Å²) in [7, 11) is 0. The Morgan fingerprint density at radius 1 is 1.20 bits per heavy atom. The molecule has 2 heterocycles. The minimum atomic E-state index is -0.184. The predicted octanol–water partition coefficient (Wildman–Crippen LogP) is 3.96. The fourth-order valence-electron chi connectivity index (χ4n) is 2.46. The molecule has 0 aliphatic carbocycles. The van der Waals surface area contributed by atoms with E-state index in [4.69, 9.17) is 0 Å². The molecule has 0 saturated carbocycles. The van der Waals surface area contributed by atoms with Crippen LogP contribution >= 0.6 is 11.3 Å². The van der Waals surface area contributed by atoms with Crippen molar-refractivity contribution in [2.75, 3.05) is 0 Å². The SMILES string of the molecule is Cc1ccc(CC(NC(=O)C=Cc2cscn2)c2ccccn2)cc1. The smallest absolute Gasteiger partial charge is 0.244 e. The zero-order valence-corrected chi connectivity index (χ0v) is 14.7. The molecule has 0 aliphatic rings. The summed E-state index contributed by atoms with van der Waals surface area (Å²) >= 11 is 1.50. The number of aromatic nitrogens is 2. The lowest BCUT2D eigenvalue weighted by atomic mass is 10.0. The molecule has 1 amide bonds. The summed E-state index contributed by atoms with van der Waals surface area (Å²) in [5.41, 5.74) is 5.75. The molecule has 1 unspecified atom stereocenters. The molecule has 1 aromatic carbocycles. The number of hydrogen-bond acceptors (Lipinski definition) is 4. The molecule has 0 fully saturated rings. The normalized spacial score (nSPS) is 12.2. The van der Waals surface area contributed by atoms with Crippen molar-refractivity contribution in [1.29, 1.82) is 0 Å².